The Morgan fingerprint density at radius 1 is 1.38 bits per heavy atom. The predicted octanol–water partition coefficient (Wildman–Crippen LogP) is 1.30. The smallest absolute Gasteiger partial charge is 0.308 e. The molecule has 1 atom stereocenters. The van der Waals surface area contributed by atoms with Gasteiger partial charge in [0.1, 0.15) is 0 Å². The maximum Gasteiger partial charge on any atom is 0.308 e. The Kier molecular flexibility index (Phi) is 5.77. The molecule has 1 heterocycles. The molecular weight excluding hydrogens is 206 g/mol. The summed E-state index contributed by atoms with van der Waals surface area (Å²) in [6.07, 6.45) is 2.90. The minimum Gasteiger partial charge on any atom is -0.469 e. The molecule has 0 amide bonds. The van der Waals surface area contributed by atoms with Crippen molar-refractivity contribution in [2.75, 3.05) is 33.9 Å². The van der Waals surface area contributed by atoms with Gasteiger partial charge in [0, 0.05) is 19.8 Å². The van der Waals surface area contributed by atoms with E-state index < -0.39 is 0 Å². The second-order valence-corrected chi connectivity index (χ2v) is 4.46. The molecule has 0 N–H and O–H groups in total. The van der Waals surface area contributed by atoms with Crippen molar-refractivity contribution < 1.29 is 14.3 Å². The normalized spacial score (nSPS) is 20.7. The summed E-state index contributed by atoms with van der Waals surface area (Å²) >= 11 is 0. The van der Waals surface area contributed by atoms with Crippen LogP contribution in [0.4, 0.5) is 0 Å². The summed E-state index contributed by atoms with van der Waals surface area (Å²) in [6.45, 7) is 5.00. The number of carbonyl (C=O) groups excluding carboxylic acids is 1. The van der Waals surface area contributed by atoms with Gasteiger partial charge in [0.25, 0.3) is 0 Å². The lowest BCUT2D eigenvalue weighted by Crippen LogP contribution is -2.42. The Balaban J connectivity index is 2.28. The summed E-state index contributed by atoms with van der Waals surface area (Å²) in [4.78, 5) is 13.8. The number of carbonyl (C=O) groups is 1. The first-order valence-corrected chi connectivity index (χ1v) is 5.99. The maximum absolute atomic E-state index is 11.4. The fraction of sp³-hybridized carbons (Fsp3) is 0.917. The lowest BCUT2D eigenvalue weighted by Gasteiger charge is -2.35. The number of piperidine rings is 1. The fourth-order valence-electron chi connectivity index (χ4n) is 2.21. The largest absolute Gasteiger partial charge is 0.469 e. The predicted molar refractivity (Wildman–Crippen MR) is 62.3 cm³/mol. The Morgan fingerprint density at radius 2 is 2.00 bits per heavy atom. The third-order valence-electron chi connectivity index (χ3n) is 3.43. The zero-order valence-corrected chi connectivity index (χ0v) is 10.6. The Hall–Kier alpha value is -0.610. The van der Waals surface area contributed by atoms with Crippen LogP contribution in [0.25, 0.3) is 0 Å². The van der Waals surface area contributed by atoms with Gasteiger partial charge in [0.15, 0.2) is 0 Å². The van der Waals surface area contributed by atoms with Gasteiger partial charge in [0.2, 0.25) is 0 Å². The van der Waals surface area contributed by atoms with Gasteiger partial charge in [0.05, 0.1) is 13.0 Å². The zero-order valence-electron chi connectivity index (χ0n) is 10.6. The number of esters is 1. The number of ether oxygens (including phenoxy) is 2. The van der Waals surface area contributed by atoms with Crippen LogP contribution in [-0.4, -0.2) is 50.8 Å². The van der Waals surface area contributed by atoms with Gasteiger partial charge in [-0.15, -0.1) is 0 Å². The second kappa shape index (κ2) is 6.86. The molecule has 0 aromatic heterocycles. The summed E-state index contributed by atoms with van der Waals surface area (Å²) in [7, 11) is 3.20. The minimum absolute atomic E-state index is 0.0517. The summed E-state index contributed by atoms with van der Waals surface area (Å²) in [6, 6.07) is 0.540. The molecule has 0 aromatic carbocycles. The molecular formula is C12H23NO3. The summed E-state index contributed by atoms with van der Waals surface area (Å²) in [5.41, 5.74) is 0. The molecule has 4 nitrogen and oxygen atoms in total. The van der Waals surface area contributed by atoms with Gasteiger partial charge in [-0.3, -0.25) is 4.79 Å². The fourth-order valence-corrected chi connectivity index (χ4v) is 2.21. The number of likely N-dealkylation sites (tertiary alicyclic amines) is 1. The monoisotopic (exact) mass is 229 g/mol. The van der Waals surface area contributed by atoms with Crippen molar-refractivity contribution >= 4 is 5.97 Å². The van der Waals surface area contributed by atoms with E-state index in [0.29, 0.717) is 6.04 Å². The van der Waals surface area contributed by atoms with Crippen molar-refractivity contribution in [3.63, 3.8) is 0 Å². The van der Waals surface area contributed by atoms with Crippen molar-refractivity contribution in [3.8, 4) is 0 Å². The standard InChI is InChI=1S/C12H23NO3/c1-10(6-9-15-2)13-7-4-11(5-8-13)12(14)16-3/h10-11H,4-9H2,1-3H3. The van der Waals surface area contributed by atoms with Crippen LogP contribution in [0.3, 0.4) is 0 Å². The molecule has 0 saturated carbocycles. The van der Waals surface area contributed by atoms with Crippen LogP contribution in [0.2, 0.25) is 0 Å². The molecule has 1 aliphatic heterocycles. The Labute approximate surface area is 97.9 Å². The lowest BCUT2D eigenvalue weighted by atomic mass is 9.95. The molecule has 1 aliphatic rings. The lowest BCUT2D eigenvalue weighted by molar-refractivity contribution is -0.147. The Morgan fingerprint density at radius 3 is 2.50 bits per heavy atom. The van der Waals surface area contributed by atoms with Crippen LogP contribution in [0.1, 0.15) is 26.2 Å². The molecule has 0 radical (unpaired) electrons. The van der Waals surface area contributed by atoms with E-state index in [9.17, 15) is 4.79 Å². The first-order chi connectivity index (χ1) is 7.69. The number of hydrogen-bond donors (Lipinski definition) is 0. The van der Waals surface area contributed by atoms with Crippen molar-refractivity contribution in [1.82, 2.24) is 4.90 Å². The summed E-state index contributed by atoms with van der Waals surface area (Å²) in [5.74, 6) is 0.0556. The van der Waals surface area contributed by atoms with Crippen LogP contribution in [-0.2, 0) is 14.3 Å². The van der Waals surface area contributed by atoms with Crippen LogP contribution in [0.15, 0.2) is 0 Å². The van der Waals surface area contributed by atoms with Crippen LogP contribution in [0.5, 0.6) is 0 Å². The van der Waals surface area contributed by atoms with Crippen molar-refractivity contribution in [2.24, 2.45) is 5.92 Å². The molecule has 94 valence electrons. The number of methoxy groups -OCH3 is 2. The van der Waals surface area contributed by atoms with E-state index >= 15 is 0 Å². The topological polar surface area (TPSA) is 38.8 Å². The first-order valence-electron chi connectivity index (χ1n) is 5.99. The molecule has 0 spiro atoms. The van der Waals surface area contributed by atoms with Crippen molar-refractivity contribution in [2.45, 2.75) is 32.2 Å². The second-order valence-electron chi connectivity index (χ2n) is 4.46. The van der Waals surface area contributed by atoms with Crippen molar-refractivity contribution in [3.05, 3.63) is 0 Å². The van der Waals surface area contributed by atoms with E-state index in [1.807, 2.05) is 0 Å². The molecule has 1 saturated heterocycles. The molecule has 0 aromatic rings. The van der Waals surface area contributed by atoms with E-state index in [-0.39, 0.29) is 11.9 Å². The highest BCUT2D eigenvalue weighted by molar-refractivity contribution is 5.72. The SMILES string of the molecule is COCCC(C)N1CCC(C(=O)OC)CC1. The highest BCUT2D eigenvalue weighted by atomic mass is 16.5. The Bertz CT molecular complexity index is 212. The van der Waals surface area contributed by atoms with E-state index in [2.05, 4.69) is 11.8 Å². The van der Waals surface area contributed by atoms with Crippen LogP contribution < -0.4 is 0 Å². The van der Waals surface area contributed by atoms with Gasteiger partial charge >= 0.3 is 5.97 Å². The zero-order chi connectivity index (χ0) is 12.0. The highest BCUT2D eigenvalue weighted by Crippen LogP contribution is 2.20. The van der Waals surface area contributed by atoms with Gasteiger partial charge in [-0.05, 0) is 39.3 Å². The molecule has 4 heteroatoms. The van der Waals surface area contributed by atoms with Crippen LogP contribution >= 0.6 is 0 Å². The average molecular weight is 229 g/mol. The number of nitrogens with zero attached hydrogens (tertiary/aromatic N) is 1. The van der Waals surface area contributed by atoms with E-state index in [0.717, 1.165) is 39.0 Å². The van der Waals surface area contributed by atoms with Gasteiger partial charge in [-0.2, -0.15) is 0 Å². The molecule has 1 fully saturated rings. The van der Waals surface area contributed by atoms with Crippen molar-refractivity contribution in [1.29, 1.82) is 0 Å². The first kappa shape index (κ1) is 13.5. The molecule has 1 rings (SSSR count). The number of hydrogen-bond acceptors (Lipinski definition) is 4. The van der Waals surface area contributed by atoms with Crippen LogP contribution in [0, 0.1) is 5.92 Å². The van der Waals surface area contributed by atoms with E-state index in [4.69, 9.17) is 9.47 Å². The van der Waals surface area contributed by atoms with Gasteiger partial charge in [-0.25, -0.2) is 0 Å². The minimum atomic E-state index is -0.0517. The average Bonchev–Trinajstić information content (AvgIpc) is 2.35. The van der Waals surface area contributed by atoms with Gasteiger partial charge < -0.3 is 14.4 Å². The quantitative estimate of drug-likeness (QED) is 0.666. The molecule has 16 heavy (non-hydrogen) atoms. The maximum atomic E-state index is 11.4. The van der Waals surface area contributed by atoms with Gasteiger partial charge in [-0.1, -0.05) is 0 Å². The van der Waals surface area contributed by atoms with E-state index in [1.165, 1.54) is 7.11 Å². The third-order valence-corrected chi connectivity index (χ3v) is 3.43. The molecule has 0 bridgehead atoms. The molecule has 1 unspecified atom stereocenters. The molecule has 0 aliphatic carbocycles. The van der Waals surface area contributed by atoms with E-state index in [1.54, 1.807) is 7.11 Å². The number of rotatable bonds is 5. The summed E-state index contributed by atoms with van der Waals surface area (Å²) < 4.78 is 9.85. The highest BCUT2D eigenvalue weighted by Gasteiger charge is 2.27. The third kappa shape index (κ3) is 3.76. The summed E-state index contributed by atoms with van der Waals surface area (Å²) in [5, 5.41) is 0.